The van der Waals surface area contributed by atoms with Crippen molar-refractivity contribution in [2.45, 2.75) is 57.9 Å². The SMILES string of the molecule is CC(C)(C)C(=O)NC1CCC(Cl)CC1. The highest BCUT2D eigenvalue weighted by Crippen LogP contribution is 2.24. The van der Waals surface area contributed by atoms with Gasteiger partial charge in [0.2, 0.25) is 5.91 Å². The normalized spacial score (nSPS) is 28.6. The van der Waals surface area contributed by atoms with Gasteiger partial charge in [0.05, 0.1) is 0 Å². The monoisotopic (exact) mass is 217 g/mol. The molecule has 14 heavy (non-hydrogen) atoms. The molecule has 0 bridgehead atoms. The summed E-state index contributed by atoms with van der Waals surface area (Å²) >= 11 is 6.00. The van der Waals surface area contributed by atoms with Gasteiger partial charge in [0.25, 0.3) is 0 Å². The Kier molecular flexibility index (Phi) is 3.82. The summed E-state index contributed by atoms with van der Waals surface area (Å²) in [6, 6.07) is 0.344. The van der Waals surface area contributed by atoms with E-state index in [4.69, 9.17) is 11.6 Å². The van der Waals surface area contributed by atoms with Gasteiger partial charge >= 0.3 is 0 Å². The lowest BCUT2D eigenvalue weighted by Gasteiger charge is -2.28. The van der Waals surface area contributed by atoms with Gasteiger partial charge in [0.1, 0.15) is 0 Å². The molecule has 1 aliphatic carbocycles. The second kappa shape index (κ2) is 4.52. The maximum atomic E-state index is 11.7. The third-order valence-corrected chi connectivity index (χ3v) is 3.11. The zero-order chi connectivity index (χ0) is 10.8. The van der Waals surface area contributed by atoms with E-state index in [-0.39, 0.29) is 11.3 Å². The van der Waals surface area contributed by atoms with Crippen molar-refractivity contribution >= 4 is 17.5 Å². The first kappa shape index (κ1) is 11.8. The molecule has 2 nitrogen and oxygen atoms in total. The second-order valence-corrected chi connectivity index (χ2v) is 5.79. The number of rotatable bonds is 1. The fraction of sp³-hybridized carbons (Fsp3) is 0.909. The van der Waals surface area contributed by atoms with Crippen LogP contribution in [0.1, 0.15) is 46.5 Å². The minimum absolute atomic E-state index is 0.149. The number of halogens is 1. The highest BCUT2D eigenvalue weighted by molar-refractivity contribution is 6.20. The smallest absolute Gasteiger partial charge is 0.225 e. The molecule has 1 aliphatic rings. The second-order valence-electron chi connectivity index (χ2n) is 5.17. The Morgan fingerprint density at radius 3 is 2.14 bits per heavy atom. The van der Waals surface area contributed by atoms with Gasteiger partial charge in [-0.25, -0.2) is 0 Å². The number of hydrogen-bond donors (Lipinski definition) is 1. The molecule has 1 saturated carbocycles. The zero-order valence-electron chi connectivity index (χ0n) is 9.27. The molecule has 0 radical (unpaired) electrons. The molecule has 0 aromatic carbocycles. The lowest BCUT2D eigenvalue weighted by atomic mass is 9.91. The van der Waals surface area contributed by atoms with Crippen LogP contribution < -0.4 is 5.32 Å². The summed E-state index contributed by atoms with van der Waals surface area (Å²) in [6.45, 7) is 5.82. The Balaban J connectivity index is 2.35. The number of hydrogen-bond acceptors (Lipinski definition) is 1. The molecule has 1 fully saturated rings. The first-order valence-corrected chi connectivity index (χ1v) is 5.78. The largest absolute Gasteiger partial charge is 0.353 e. The quantitative estimate of drug-likeness (QED) is 0.673. The van der Waals surface area contributed by atoms with Crippen molar-refractivity contribution in [3.05, 3.63) is 0 Å². The maximum Gasteiger partial charge on any atom is 0.225 e. The molecular formula is C11H20ClNO. The Morgan fingerprint density at radius 1 is 1.21 bits per heavy atom. The number of carbonyl (C=O) groups is 1. The Labute approximate surface area is 91.4 Å². The standard InChI is InChI=1S/C11H20ClNO/c1-11(2,3)10(14)13-9-6-4-8(12)5-7-9/h8-9H,4-7H2,1-3H3,(H,13,14). The summed E-state index contributed by atoms with van der Waals surface area (Å²) in [5, 5.41) is 3.40. The zero-order valence-corrected chi connectivity index (χ0v) is 10.0. The van der Waals surface area contributed by atoms with Gasteiger partial charge in [-0.2, -0.15) is 0 Å². The lowest BCUT2D eigenvalue weighted by Crippen LogP contribution is -2.43. The van der Waals surface area contributed by atoms with Crippen LogP contribution in [-0.4, -0.2) is 17.3 Å². The van der Waals surface area contributed by atoms with Crippen LogP contribution in [-0.2, 0) is 4.79 Å². The van der Waals surface area contributed by atoms with Crippen molar-refractivity contribution in [3.8, 4) is 0 Å². The van der Waals surface area contributed by atoms with Gasteiger partial charge < -0.3 is 5.32 Å². The van der Waals surface area contributed by atoms with Gasteiger partial charge in [-0.3, -0.25) is 4.79 Å². The highest BCUT2D eigenvalue weighted by atomic mass is 35.5. The van der Waals surface area contributed by atoms with Crippen LogP contribution in [0.5, 0.6) is 0 Å². The molecule has 82 valence electrons. The Morgan fingerprint density at radius 2 is 1.71 bits per heavy atom. The minimum atomic E-state index is -0.280. The third-order valence-electron chi connectivity index (χ3n) is 2.67. The van der Waals surface area contributed by atoms with Crippen LogP contribution in [0.3, 0.4) is 0 Å². The molecule has 0 aromatic rings. The van der Waals surface area contributed by atoms with E-state index in [1.807, 2.05) is 20.8 Å². The minimum Gasteiger partial charge on any atom is -0.353 e. The number of carbonyl (C=O) groups excluding carboxylic acids is 1. The number of nitrogens with one attached hydrogen (secondary N) is 1. The van der Waals surface area contributed by atoms with E-state index in [1.165, 1.54) is 0 Å². The molecule has 1 amide bonds. The number of amides is 1. The van der Waals surface area contributed by atoms with Crippen LogP contribution >= 0.6 is 11.6 Å². The average Bonchev–Trinajstić information content (AvgIpc) is 2.07. The Bertz CT molecular complexity index is 202. The lowest BCUT2D eigenvalue weighted by molar-refractivity contribution is -0.129. The molecule has 1 rings (SSSR count). The molecule has 1 N–H and O–H groups in total. The predicted molar refractivity (Wildman–Crippen MR) is 59.5 cm³/mol. The summed E-state index contributed by atoms with van der Waals surface area (Å²) in [7, 11) is 0. The van der Waals surface area contributed by atoms with E-state index < -0.39 is 0 Å². The molecule has 0 spiro atoms. The summed E-state index contributed by atoms with van der Waals surface area (Å²) < 4.78 is 0. The van der Waals surface area contributed by atoms with Crippen molar-refractivity contribution in [1.29, 1.82) is 0 Å². The van der Waals surface area contributed by atoms with E-state index in [9.17, 15) is 4.79 Å². The van der Waals surface area contributed by atoms with Gasteiger partial charge in [-0.05, 0) is 25.7 Å². The van der Waals surface area contributed by atoms with E-state index in [1.54, 1.807) is 0 Å². The van der Waals surface area contributed by atoms with Crippen molar-refractivity contribution in [3.63, 3.8) is 0 Å². The number of alkyl halides is 1. The molecule has 0 aliphatic heterocycles. The molecule has 0 saturated heterocycles. The third kappa shape index (κ3) is 3.49. The topological polar surface area (TPSA) is 29.1 Å². The molecular weight excluding hydrogens is 198 g/mol. The van der Waals surface area contributed by atoms with Crippen molar-refractivity contribution in [2.75, 3.05) is 0 Å². The van der Waals surface area contributed by atoms with Crippen LogP contribution in [0.25, 0.3) is 0 Å². The Hall–Kier alpha value is -0.240. The highest BCUT2D eigenvalue weighted by Gasteiger charge is 2.26. The summed E-state index contributed by atoms with van der Waals surface area (Å²) in [5.41, 5.74) is -0.280. The average molecular weight is 218 g/mol. The van der Waals surface area contributed by atoms with Crippen molar-refractivity contribution in [1.82, 2.24) is 5.32 Å². The predicted octanol–water partition coefficient (Wildman–Crippen LogP) is 2.70. The summed E-state index contributed by atoms with van der Waals surface area (Å²) in [5.74, 6) is 0.149. The molecule has 0 heterocycles. The molecule has 0 aromatic heterocycles. The fourth-order valence-electron chi connectivity index (χ4n) is 1.60. The fourth-order valence-corrected chi connectivity index (χ4v) is 1.85. The summed E-state index contributed by atoms with van der Waals surface area (Å²) in [6.07, 6.45) is 4.10. The molecule has 3 heteroatoms. The van der Waals surface area contributed by atoms with Crippen LogP contribution in [0, 0.1) is 5.41 Å². The van der Waals surface area contributed by atoms with Gasteiger partial charge in [-0.15, -0.1) is 11.6 Å². The van der Waals surface area contributed by atoms with Crippen molar-refractivity contribution < 1.29 is 4.79 Å². The first-order chi connectivity index (χ1) is 6.39. The summed E-state index contributed by atoms with van der Waals surface area (Å²) in [4.78, 5) is 11.7. The van der Waals surface area contributed by atoms with Crippen LogP contribution in [0.15, 0.2) is 0 Å². The van der Waals surface area contributed by atoms with Gasteiger partial charge in [0.15, 0.2) is 0 Å². The molecule has 0 unspecified atom stereocenters. The molecule has 0 atom stereocenters. The van der Waals surface area contributed by atoms with E-state index in [0.29, 0.717) is 11.4 Å². The van der Waals surface area contributed by atoms with E-state index >= 15 is 0 Å². The van der Waals surface area contributed by atoms with Crippen molar-refractivity contribution in [2.24, 2.45) is 5.41 Å². The van der Waals surface area contributed by atoms with Gasteiger partial charge in [-0.1, -0.05) is 20.8 Å². The van der Waals surface area contributed by atoms with E-state index in [0.717, 1.165) is 25.7 Å². The van der Waals surface area contributed by atoms with Gasteiger partial charge in [0, 0.05) is 16.8 Å². The van der Waals surface area contributed by atoms with E-state index in [2.05, 4.69) is 5.32 Å². The van der Waals surface area contributed by atoms with Crippen LogP contribution in [0.2, 0.25) is 0 Å². The maximum absolute atomic E-state index is 11.7. The van der Waals surface area contributed by atoms with Crippen LogP contribution in [0.4, 0.5) is 0 Å². The first-order valence-electron chi connectivity index (χ1n) is 5.34.